The van der Waals surface area contributed by atoms with E-state index < -0.39 is 0 Å². The Hall–Kier alpha value is -2.62. The van der Waals surface area contributed by atoms with Crippen LogP contribution in [-0.4, -0.2) is 21.8 Å². The number of rotatable bonds is 7. The van der Waals surface area contributed by atoms with Gasteiger partial charge in [0.15, 0.2) is 0 Å². The Morgan fingerprint density at radius 2 is 1.96 bits per heavy atom. The molecular formula is C20H23N3O. The second kappa shape index (κ2) is 7.77. The first-order valence-electron chi connectivity index (χ1n) is 8.46. The van der Waals surface area contributed by atoms with Crippen LogP contribution < -0.4 is 5.32 Å². The molecule has 1 aromatic carbocycles. The maximum Gasteiger partial charge on any atom is 0.220 e. The third kappa shape index (κ3) is 4.02. The van der Waals surface area contributed by atoms with Crippen molar-refractivity contribution in [2.24, 2.45) is 0 Å². The second-order valence-corrected chi connectivity index (χ2v) is 6.05. The molecule has 0 fully saturated rings. The lowest BCUT2D eigenvalue weighted by atomic mass is 10.0. The molecule has 0 bridgehead atoms. The van der Waals surface area contributed by atoms with Crippen molar-refractivity contribution in [2.45, 2.75) is 32.6 Å². The van der Waals surface area contributed by atoms with E-state index in [9.17, 15) is 4.79 Å². The highest BCUT2D eigenvalue weighted by atomic mass is 16.1. The van der Waals surface area contributed by atoms with Gasteiger partial charge in [0.2, 0.25) is 5.91 Å². The summed E-state index contributed by atoms with van der Waals surface area (Å²) in [6.07, 6.45) is 6.99. The number of aromatic nitrogens is 2. The van der Waals surface area contributed by atoms with Crippen molar-refractivity contribution in [3.05, 3.63) is 71.8 Å². The van der Waals surface area contributed by atoms with E-state index in [1.54, 1.807) is 0 Å². The first-order chi connectivity index (χ1) is 11.7. The minimum absolute atomic E-state index is 0.115. The lowest BCUT2D eigenvalue weighted by molar-refractivity contribution is -0.121. The van der Waals surface area contributed by atoms with Gasteiger partial charge >= 0.3 is 0 Å². The molecule has 3 aromatic rings. The fourth-order valence-corrected chi connectivity index (χ4v) is 2.92. The standard InChI is InChI=1S/C20H23N3O/c1-16-7-2-3-8-17(16)9-6-11-20(24)21-13-12-19-22-15-18-10-4-5-14-23(18)19/h2-5,7-8,10,14-15H,6,9,11-13H2,1H3,(H,21,24). The topological polar surface area (TPSA) is 46.4 Å². The average molecular weight is 321 g/mol. The minimum atomic E-state index is 0.115. The number of nitrogens with one attached hydrogen (secondary N) is 1. The predicted molar refractivity (Wildman–Crippen MR) is 96.0 cm³/mol. The van der Waals surface area contributed by atoms with Crippen molar-refractivity contribution in [3.8, 4) is 0 Å². The van der Waals surface area contributed by atoms with Crippen LogP contribution in [0.2, 0.25) is 0 Å². The van der Waals surface area contributed by atoms with Gasteiger partial charge in [-0.15, -0.1) is 0 Å². The van der Waals surface area contributed by atoms with Crippen LogP contribution in [0.1, 0.15) is 29.8 Å². The number of fused-ring (bicyclic) bond motifs is 1. The molecule has 4 nitrogen and oxygen atoms in total. The zero-order valence-corrected chi connectivity index (χ0v) is 14.0. The highest BCUT2D eigenvalue weighted by molar-refractivity contribution is 5.75. The lowest BCUT2D eigenvalue weighted by Crippen LogP contribution is -2.26. The fourth-order valence-electron chi connectivity index (χ4n) is 2.92. The maximum atomic E-state index is 12.0. The van der Waals surface area contributed by atoms with Crippen molar-refractivity contribution in [3.63, 3.8) is 0 Å². The molecule has 0 spiro atoms. The first-order valence-corrected chi connectivity index (χ1v) is 8.46. The number of pyridine rings is 1. The zero-order valence-electron chi connectivity index (χ0n) is 14.0. The van der Waals surface area contributed by atoms with Crippen molar-refractivity contribution in [1.82, 2.24) is 14.7 Å². The molecule has 0 saturated heterocycles. The van der Waals surface area contributed by atoms with E-state index in [0.29, 0.717) is 13.0 Å². The molecular weight excluding hydrogens is 298 g/mol. The van der Waals surface area contributed by atoms with E-state index in [2.05, 4.69) is 39.8 Å². The molecule has 2 heterocycles. The van der Waals surface area contributed by atoms with Crippen LogP contribution in [-0.2, 0) is 17.6 Å². The Balaban J connectivity index is 1.41. The summed E-state index contributed by atoms with van der Waals surface area (Å²) in [5.41, 5.74) is 3.70. The number of aryl methyl sites for hydroxylation is 2. The lowest BCUT2D eigenvalue weighted by Gasteiger charge is -2.07. The van der Waals surface area contributed by atoms with Gasteiger partial charge in [-0.25, -0.2) is 4.98 Å². The maximum absolute atomic E-state index is 12.0. The summed E-state index contributed by atoms with van der Waals surface area (Å²) in [4.78, 5) is 16.4. The Labute approximate surface area is 142 Å². The molecule has 124 valence electrons. The minimum Gasteiger partial charge on any atom is -0.356 e. The summed E-state index contributed by atoms with van der Waals surface area (Å²) >= 11 is 0. The van der Waals surface area contributed by atoms with Gasteiger partial charge < -0.3 is 9.72 Å². The Kier molecular flexibility index (Phi) is 5.26. The Bertz CT molecular complexity index is 822. The van der Waals surface area contributed by atoms with Crippen LogP contribution in [0.5, 0.6) is 0 Å². The normalized spacial score (nSPS) is 10.9. The molecule has 0 aliphatic rings. The molecule has 0 radical (unpaired) electrons. The largest absolute Gasteiger partial charge is 0.356 e. The summed E-state index contributed by atoms with van der Waals surface area (Å²) in [5, 5.41) is 2.99. The van der Waals surface area contributed by atoms with Crippen molar-refractivity contribution in [2.75, 3.05) is 6.54 Å². The highest BCUT2D eigenvalue weighted by Gasteiger charge is 2.05. The van der Waals surface area contributed by atoms with Gasteiger partial charge in [0.05, 0.1) is 11.7 Å². The number of benzene rings is 1. The first kappa shape index (κ1) is 16.2. The molecule has 4 heteroatoms. The molecule has 2 aromatic heterocycles. The average Bonchev–Trinajstić information content (AvgIpc) is 3.00. The summed E-state index contributed by atoms with van der Waals surface area (Å²) in [6.45, 7) is 2.74. The van der Waals surface area contributed by atoms with Gasteiger partial charge in [-0.3, -0.25) is 4.79 Å². The van der Waals surface area contributed by atoms with Crippen molar-refractivity contribution in [1.29, 1.82) is 0 Å². The fraction of sp³-hybridized carbons (Fsp3) is 0.300. The van der Waals surface area contributed by atoms with E-state index in [-0.39, 0.29) is 5.91 Å². The van der Waals surface area contributed by atoms with Crippen LogP contribution in [0.4, 0.5) is 0 Å². The second-order valence-electron chi connectivity index (χ2n) is 6.05. The van der Waals surface area contributed by atoms with E-state index in [1.807, 2.05) is 36.7 Å². The van der Waals surface area contributed by atoms with Gasteiger partial charge in [0.25, 0.3) is 0 Å². The summed E-state index contributed by atoms with van der Waals surface area (Å²) in [6, 6.07) is 14.4. The molecule has 0 aliphatic carbocycles. The molecule has 3 rings (SSSR count). The summed E-state index contributed by atoms with van der Waals surface area (Å²) in [7, 11) is 0. The summed E-state index contributed by atoms with van der Waals surface area (Å²) in [5.74, 6) is 1.09. The number of carbonyl (C=O) groups is 1. The number of carbonyl (C=O) groups excluding carboxylic acids is 1. The zero-order chi connectivity index (χ0) is 16.8. The van der Waals surface area contributed by atoms with E-state index in [0.717, 1.165) is 30.6 Å². The SMILES string of the molecule is Cc1ccccc1CCCC(=O)NCCc1ncc2ccccn12. The van der Waals surface area contributed by atoms with Crippen molar-refractivity contribution >= 4 is 11.4 Å². The van der Waals surface area contributed by atoms with Crippen LogP contribution in [0.15, 0.2) is 54.9 Å². The number of amides is 1. The summed E-state index contributed by atoms with van der Waals surface area (Å²) < 4.78 is 2.06. The monoisotopic (exact) mass is 321 g/mol. The quantitative estimate of drug-likeness (QED) is 0.725. The molecule has 1 amide bonds. The molecule has 0 aliphatic heterocycles. The molecule has 0 atom stereocenters. The predicted octanol–water partition coefficient (Wildman–Crippen LogP) is 3.32. The van der Waals surface area contributed by atoms with Gasteiger partial charge in [0, 0.05) is 25.6 Å². The number of imidazole rings is 1. The van der Waals surface area contributed by atoms with Gasteiger partial charge in [0.1, 0.15) is 5.82 Å². The highest BCUT2D eigenvalue weighted by Crippen LogP contribution is 2.10. The molecule has 0 saturated carbocycles. The Morgan fingerprint density at radius 3 is 2.83 bits per heavy atom. The smallest absolute Gasteiger partial charge is 0.220 e. The van der Waals surface area contributed by atoms with Gasteiger partial charge in [-0.2, -0.15) is 0 Å². The third-order valence-electron chi connectivity index (χ3n) is 4.30. The van der Waals surface area contributed by atoms with E-state index in [4.69, 9.17) is 0 Å². The molecule has 24 heavy (non-hydrogen) atoms. The Morgan fingerprint density at radius 1 is 1.12 bits per heavy atom. The third-order valence-corrected chi connectivity index (χ3v) is 4.30. The van der Waals surface area contributed by atoms with Gasteiger partial charge in [-0.05, 0) is 43.0 Å². The van der Waals surface area contributed by atoms with E-state index in [1.165, 1.54) is 11.1 Å². The van der Waals surface area contributed by atoms with E-state index >= 15 is 0 Å². The number of hydrogen-bond acceptors (Lipinski definition) is 2. The van der Waals surface area contributed by atoms with Crippen LogP contribution in [0.25, 0.3) is 5.52 Å². The number of nitrogens with zero attached hydrogens (tertiary/aromatic N) is 2. The van der Waals surface area contributed by atoms with Gasteiger partial charge in [-0.1, -0.05) is 30.3 Å². The van der Waals surface area contributed by atoms with Crippen molar-refractivity contribution < 1.29 is 4.79 Å². The number of hydrogen-bond donors (Lipinski definition) is 1. The molecule has 0 unspecified atom stereocenters. The molecule has 1 N–H and O–H groups in total. The van der Waals surface area contributed by atoms with Crippen LogP contribution in [0, 0.1) is 6.92 Å². The van der Waals surface area contributed by atoms with Crippen LogP contribution >= 0.6 is 0 Å². The van der Waals surface area contributed by atoms with Crippen LogP contribution in [0.3, 0.4) is 0 Å².